The molecule has 192 valence electrons. The van der Waals surface area contributed by atoms with Crippen LogP contribution in [0.25, 0.3) is 0 Å². The molecule has 3 aromatic rings. The van der Waals surface area contributed by atoms with Gasteiger partial charge in [0.05, 0.1) is 6.61 Å². The molecule has 9 heteroatoms. The number of aliphatic hydroxyl groups is 2. The lowest BCUT2D eigenvalue weighted by Gasteiger charge is -2.34. The minimum absolute atomic E-state index is 0.0488. The standard InChI is InChI=1S/C27H34N2O6Si/c1-3-5-16-36(20-12-8-6-9-13-20,21-14-10-7-11-15-21)34-18-22-23(30)24(31)26(35-22)29-17-19(4-2)25(32)28-27(29)33/h6-15,17,22-24,26,30-31H,3-5,16,18H2,1-2H3,(H,28,32,33)/t22-,23-,24-,26-/m1/s1. The van der Waals surface area contributed by atoms with Gasteiger partial charge >= 0.3 is 5.69 Å². The number of rotatable bonds is 10. The van der Waals surface area contributed by atoms with Crippen LogP contribution in [0.3, 0.4) is 0 Å². The fraction of sp³-hybridized carbons (Fsp3) is 0.407. The topological polar surface area (TPSA) is 114 Å². The van der Waals surface area contributed by atoms with Crippen molar-refractivity contribution in [1.29, 1.82) is 0 Å². The number of nitrogens with zero attached hydrogens (tertiary/aromatic N) is 1. The van der Waals surface area contributed by atoms with Crippen LogP contribution in [0.5, 0.6) is 0 Å². The van der Waals surface area contributed by atoms with Crippen molar-refractivity contribution >= 4 is 18.7 Å². The number of aromatic nitrogens is 2. The summed E-state index contributed by atoms with van der Waals surface area (Å²) in [6.07, 6.45) is -0.821. The largest absolute Gasteiger partial charge is 0.405 e. The van der Waals surface area contributed by atoms with Crippen molar-refractivity contribution in [1.82, 2.24) is 9.55 Å². The molecule has 0 amide bonds. The zero-order valence-corrected chi connectivity index (χ0v) is 21.7. The highest BCUT2D eigenvalue weighted by atomic mass is 28.4. The minimum atomic E-state index is -2.71. The quantitative estimate of drug-likeness (QED) is 0.354. The van der Waals surface area contributed by atoms with Crippen molar-refractivity contribution in [3.63, 3.8) is 0 Å². The molecular formula is C27H34N2O6Si. The number of unbranched alkanes of at least 4 members (excludes halogenated alkanes) is 1. The van der Waals surface area contributed by atoms with Crippen LogP contribution in [0.15, 0.2) is 76.4 Å². The zero-order chi connectivity index (χ0) is 25.7. The molecular weight excluding hydrogens is 476 g/mol. The molecule has 0 unspecified atom stereocenters. The van der Waals surface area contributed by atoms with Gasteiger partial charge in [-0.15, -0.1) is 0 Å². The number of hydrogen-bond acceptors (Lipinski definition) is 6. The van der Waals surface area contributed by atoms with Gasteiger partial charge in [0, 0.05) is 11.8 Å². The first-order valence-corrected chi connectivity index (χ1v) is 14.6. The second kappa shape index (κ2) is 11.5. The maximum absolute atomic E-state index is 12.5. The number of nitrogens with one attached hydrogen (secondary N) is 1. The molecule has 4 atom stereocenters. The summed E-state index contributed by atoms with van der Waals surface area (Å²) < 4.78 is 13.9. The lowest BCUT2D eigenvalue weighted by molar-refractivity contribution is -0.0524. The van der Waals surface area contributed by atoms with Gasteiger partial charge in [0.1, 0.15) is 18.3 Å². The third kappa shape index (κ3) is 5.16. The predicted octanol–water partition coefficient (Wildman–Crippen LogP) is 1.29. The molecule has 2 heterocycles. The Labute approximate surface area is 211 Å². The molecule has 1 aliphatic rings. The molecule has 36 heavy (non-hydrogen) atoms. The number of H-pyrrole nitrogens is 1. The molecule has 8 nitrogen and oxygen atoms in total. The highest BCUT2D eigenvalue weighted by molar-refractivity contribution is 6.97. The number of ether oxygens (including phenoxy) is 1. The SMILES string of the molecule is CCCC[Si](OC[C@H]1O[C@@H](n2cc(CC)c(=O)[nH]c2=O)[C@H](O)[C@@H]1O)(c1ccccc1)c1ccccc1. The maximum atomic E-state index is 12.5. The third-order valence-electron chi connectivity index (χ3n) is 6.89. The summed E-state index contributed by atoms with van der Waals surface area (Å²) in [4.78, 5) is 26.7. The average molecular weight is 511 g/mol. The van der Waals surface area contributed by atoms with Crippen LogP contribution in [0, 0.1) is 0 Å². The van der Waals surface area contributed by atoms with Gasteiger partial charge in [0.2, 0.25) is 0 Å². The molecule has 1 aromatic heterocycles. The monoisotopic (exact) mass is 510 g/mol. The summed E-state index contributed by atoms with van der Waals surface area (Å²) in [6, 6.07) is 21.2. The van der Waals surface area contributed by atoms with E-state index in [-0.39, 0.29) is 6.61 Å². The van der Waals surface area contributed by atoms with E-state index in [9.17, 15) is 19.8 Å². The predicted molar refractivity (Wildman–Crippen MR) is 140 cm³/mol. The maximum Gasteiger partial charge on any atom is 0.330 e. The Morgan fingerprint density at radius 2 is 1.58 bits per heavy atom. The Hall–Kier alpha value is -2.82. The number of benzene rings is 2. The summed E-state index contributed by atoms with van der Waals surface area (Å²) >= 11 is 0. The Kier molecular flexibility index (Phi) is 8.38. The molecule has 1 aliphatic heterocycles. The molecule has 0 aliphatic carbocycles. The zero-order valence-electron chi connectivity index (χ0n) is 20.7. The molecule has 0 radical (unpaired) electrons. The third-order valence-corrected chi connectivity index (χ3v) is 11.1. The van der Waals surface area contributed by atoms with Gasteiger partial charge < -0.3 is 19.4 Å². The normalized spacial score (nSPS) is 22.1. The second-order valence-electron chi connectivity index (χ2n) is 9.19. The van der Waals surface area contributed by atoms with Crippen molar-refractivity contribution in [3.8, 4) is 0 Å². The fourth-order valence-electron chi connectivity index (χ4n) is 4.82. The average Bonchev–Trinajstić information content (AvgIpc) is 3.19. The van der Waals surface area contributed by atoms with Crippen LogP contribution in [-0.2, 0) is 15.6 Å². The van der Waals surface area contributed by atoms with Gasteiger partial charge in [-0.2, -0.15) is 0 Å². The van der Waals surface area contributed by atoms with Crippen LogP contribution >= 0.6 is 0 Å². The Bertz CT molecular complexity index is 1210. The van der Waals surface area contributed by atoms with Crippen LogP contribution in [0.4, 0.5) is 0 Å². The first kappa shape index (κ1) is 26.2. The first-order chi connectivity index (χ1) is 17.4. The van der Waals surface area contributed by atoms with Gasteiger partial charge in [0.15, 0.2) is 6.23 Å². The lowest BCUT2D eigenvalue weighted by atomic mass is 10.1. The summed E-state index contributed by atoms with van der Waals surface area (Å²) in [5.74, 6) is 0. The van der Waals surface area contributed by atoms with Crippen LogP contribution in [-0.4, -0.2) is 53.0 Å². The number of aromatic amines is 1. The van der Waals surface area contributed by atoms with E-state index in [0.29, 0.717) is 12.0 Å². The summed E-state index contributed by atoms with van der Waals surface area (Å²) in [7, 11) is -2.71. The first-order valence-electron chi connectivity index (χ1n) is 12.5. The van der Waals surface area contributed by atoms with E-state index in [1.165, 1.54) is 6.20 Å². The number of aliphatic hydroxyl groups excluding tert-OH is 2. The van der Waals surface area contributed by atoms with Gasteiger partial charge in [-0.25, -0.2) is 4.79 Å². The molecule has 0 bridgehead atoms. The summed E-state index contributed by atoms with van der Waals surface area (Å²) in [5, 5.41) is 23.9. The Morgan fingerprint density at radius 1 is 0.972 bits per heavy atom. The van der Waals surface area contributed by atoms with Crippen molar-refractivity contribution in [2.45, 2.75) is 63.7 Å². The van der Waals surface area contributed by atoms with E-state index < -0.39 is 44.1 Å². The van der Waals surface area contributed by atoms with Crippen molar-refractivity contribution in [2.24, 2.45) is 0 Å². The fourth-order valence-corrected chi connectivity index (χ4v) is 8.97. The smallest absolute Gasteiger partial charge is 0.330 e. The summed E-state index contributed by atoms with van der Waals surface area (Å²) in [6.45, 7) is 3.99. The highest BCUT2D eigenvalue weighted by Gasteiger charge is 2.47. The van der Waals surface area contributed by atoms with Gasteiger partial charge in [-0.3, -0.25) is 14.3 Å². The molecule has 3 N–H and O–H groups in total. The molecule has 1 saturated heterocycles. The van der Waals surface area contributed by atoms with E-state index in [1.807, 2.05) is 36.4 Å². The van der Waals surface area contributed by atoms with Crippen LogP contribution in [0.1, 0.15) is 38.5 Å². The number of aryl methyl sites for hydroxylation is 1. The van der Waals surface area contributed by atoms with E-state index in [2.05, 4.69) is 36.2 Å². The van der Waals surface area contributed by atoms with E-state index >= 15 is 0 Å². The Morgan fingerprint density at radius 3 is 2.14 bits per heavy atom. The van der Waals surface area contributed by atoms with Crippen molar-refractivity contribution in [3.05, 3.63) is 93.3 Å². The van der Waals surface area contributed by atoms with E-state index in [4.69, 9.17) is 9.16 Å². The van der Waals surface area contributed by atoms with E-state index in [1.54, 1.807) is 6.92 Å². The molecule has 2 aromatic carbocycles. The lowest BCUT2D eigenvalue weighted by Crippen LogP contribution is -2.61. The van der Waals surface area contributed by atoms with Crippen LogP contribution in [0.2, 0.25) is 6.04 Å². The van der Waals surface area contributed by atoms with E-state index in [0.717, 1.165) is 33.8 Å². The van der Waals surface area contributed by atoms with Gasteiger partial charge in [-0.1, -0.05) is 87.4 Å². The van der Waals surface area contributed by atoms with Gasteiger partial charge in [-0.05, 0) is 22.8 Å². The molecule has 4 rings (SSSR count). The minimum Gasteiger partial charge on any atom is -0.405 e. The highest BCUT2D eigenvalue weighted by Crippen LogP contribution is 2.30. The van der Waals surface area contributed by atoms with Crippen molar-refractivity contribution < 1.29 is 19.4 Å². The van der Waals surface area contributed by atoms with Gasteiger partial charge in [0.25, 0.3) is 13.9 Å². The van der Waals surface area contributed by atoms with Crippen molar-refractivity contribution in [2.75, 3.05) is 6.61 Å². The van der Waals surface area contributed by atoms with Crippen LogP contribution < -0.4 is 21.6 Å². The summed E-state index contributed by atoms with van der Waals surface area (Å²) in [5.41, 5.74) is -0.780. The number of hydrogen-bond donors (Lipinski definition) is 3. The second-order valence-corrected chi connectivity index (χ2v) is 12.8. The Balaban J connectivity index is 1.64. The molecule has 1 fully saturated rings. The molecule has 0 spiro atoms. The molecule has 0 saturated carbocycles.